The van der Waals surface area contributed by atoms with Gasteiger partial charge in [0.05, 0.1) is 11.6 Å². The van der Waals surface area contributed by atoms with E-state index in [1.165, 1.54) is 6.07 Å². The van der Waals surface area contributed by atoms with E-state index in [2.05, 4.69) is 5.32 Å². The lowest BCUT2D eigenvalue weighted by Crippen LogP contribution is -2.33. The number of nitrogens with one attached hydrogen (secondary N) is 1. The van der Waals surface area contributed by atoms with E-state index in [0.29, 0.717) is 6.42 Å². The molecule has 0 aromatic heterocycles. The van der Waals surface area contributed by atoms with Crippen molar-refractivity contribution in [2.24, 2.45) is 0 Å². The van der Waals surface area contributed by atoms with Crippen molar-refractivity contribution in [3.63, 3.8) is 0 Å². The van der Waals surface area contributed by atoms with Crippen LogP contribution in [0, 0.1) is 18.3 Å². The Morgan fingerprint density at radius 3 is 2.88 bits per heavy atom. The first kappa shape index (κ1) is 13.0. The molecule has 1 atom stereocenters. The minimum atomic E-state index is -0.507. The molecule has 4 heteroatoms. The molecule has 0 aliphatic rings. The van der Waals surface area contributed by atoms with Crippen LogP contribution in [0.5, 0.6) is 5.75 Å². The van der Waals surface area contributed by atoms with Gasteiger partial charge < -0.3 is 10.4 Å². The first-order valence-electron chi connectivity index (χ1n) is 5.58. The van der Waals surface area contributed by atoms with Gasteiger partial charge in [0.2, 0.25) is 0 Å². The predicted molar refractivity (Wildman–Crippen MR) is 64.6 cm³/mol. The van der Waals surface area contributed by atoms with Gasteiger partial charge in [-0.05, 0) is 25.5 Å². The second kappa shape index (κ2) is 5.90. The number of phenolic OH excluding ortho intramolecular Hbond substituents is 1. The molecule has 1 amide bonds. The first-order chi connectivity index (χ1) is 8.08. The van der Waals surface area contributed by atoms with Crippen LogP contribution < -0.4 is 5.32 Å². The van der Waals surface area contributed by atoms with Gasteiger partial charge in [-0.2, -0.15) is 5.26 Å². The van der Waals surface area contributed by atoms with Gasteiger partial charge in [-0.3, -0.25) is 4.79 Å². The number of carbonyl (C=O) groups excluding carboxylic acids is 1. The van der Waals surface area contributed by atoms with E-state index in [4.69, 9.17) is 5.26 Å². The molecule has 90 valence electrons. The third kappa shape index (κ3) is 3.49. The number of carbonyl (C=O) groups is 1. The summed E-state index contributed by atoms with van der Waals surface area (Å²) in [6, 6.07) is 6.32. The largest absolute Gasteiger partial charge is 0.507 e. The Morgan fingerprint density at radius 2 is 2.29 bits per heavy atom. The molecule has 1 aromatic carbocycles. The number of hydrogen-bond acceptors (Lipinski definition) is 3. The topological polar surface area (TPSA) is 73.1 Å². The molecule has 0 saturated carbocycles. The van der Waals surface area contributed by atoms with Gasteiger partial charge >= 0.3 is 0 Å². The molecular formula is C13H16N2O2. The number of hydrogen-bond donors (Lipinski definition) is 2. The fraction of sp³-hybridized carbons (Fsp3) is 0.385. The van der Waals surface area contributed by atoms with Crippen molar-refractivity contribution < 1.29 is 9.90 Å². The molecule has 0 heterocycles. The normalized spacial score (nSPS) is 11.6. The third-order valence-electron chi connectivity index (χ3n) is 2.44. The van der Waals surface area contributed by atoms with Crippen LogP contribution in [0.2, 0.25) is 0 Å². The average molecular weight is 232 g/mol. The fourth-order valence-corrected chi connectivity index (χ4v) is 1.53. The Labute approximate surface area is 101 Å². The van der Waals surface area contributed by atoms with Crippen molar-refractivity contribution in [3.8, 4) is 11.8 Å². The minimum Gasteiger partial charge on any atom is -0.507 e. The van der Waals surface area contributed by atoms with E-state index in [1.807, 2.05) is 19.9 Å². The number of nitrogens with zero attached hydrogens (tertiary/aromatic N) is 1. The summed E-state index contributed by atoms with van der Waals surface area (Å²) in [6.07, 6.45) is 1.42. The maximum Gasteiger partial charge on any atom is 0.256 e. The van der Waals surface area contributed by atoms with Crippen molar-refractivity contribution in [1.82, 2.24) is 5.32 Å². The molecule has 1 aromatic rings. The van der Waals surface area contributed by atoms with Crippen LogP contribution in [0.1, 0.15) is 35.7 Å². The van der Waals surface area contributed by atoms with Crippen molar-refractivity contribution >= 4 is 5.91 Å². The van der Waals surface area contributed by atoms with Crippen LogP contribution in [0.15, 0.2) is 18.2 Å². The number of nitriles is 1. The summed E-state index contributed by atoms with van der Waals surface area (Å²) in [5, 5.41) is 21.0. The number of aryl methyl sites for hydroxylation is 1. The van der Waals surface area contributed by atoms with Gasteiger partial charge in [-0.25, -0.2) is 0 Å². The van der Waals surface area contributed by atoms with Crippen LogP contribution in [0.3, 0.4) is 0 Å². The SMILES string of the molecule is CCCC(C#N)NC(=O)c1cc(C)ccc1O. The van der Waals surface area contributed by atoms with E-state index in [1.54, 1.807) is 12.1 Å². The first-order valence-corrected chi connectivity index (χ1v) is 5.58. The highest BCUT2D eigenvalue weighted by Gasteiger charge is 2.15. The molecule has 0 aliphatic heterocycles. The Balaban J connectivity index is 2.83. The third-order valence-corrected chi connectivity index (χ3v) is 2.44. The van der Waals surface area contributed by atoms with Crippen molar-refractivity contribution in [3.05, 3.63) is 29.3 Å². The van der Waals surface area contributed by atoms with Gasteiger partial charge in [-0.1, -0.05) is 25.0 Å². The Morgan fingerprint density at radius 1 is 1.59 bits per heavy atom. The highest BCUT2D eigenvalue weighted by Crippen LogP contribution is 2.18. The van der Waals surface area contributed by atoms with Crippen LogP contribution in [-0.4, -0.2) is 17.1 Å². The second-order valence-electron chi connectivity index (χ2n) is 3.96. The van der Waals surface area contributed by atoms with Gasteiger partial charge in [0.15, 0.2) is 0 Å². The molecular weight excluding hydrogens is 216 g/mol. The van der Waals surface area contributed by atoms with Crippen molar-refractivity contribution in [2.45, 2.75) is 32.7 Å². The lowest BCUT2D eigenvalue weighted by molar-refractivity contribution is 0.0941. The molecule has 1 unspecified atom stereocenters. The lowest BCUT2D eigenvalue weighted by atomic mass is 10.1. The minimum absolute atomic E-state index is 0.0683. The second-order valence-corrected chi connectivity index (χ2v) is 3.96. The summed E-state index contributed by atoms with van der Waals surface area (Å²) in [5.74, 6) is -0.479. The van der Waals surface area contributed by atoms with Gasteiger partial charge in [0.25, 0.3) is 5.91 Å². The zero-order chi connectivity index (χ0) is 12.8. The number of amides is 1. The molecule has 0 spiro atoms. The molecule has 0 aliphatic carbocycles. The maximum absolute atomic E-state index is 11.8. The molecule has 4 nitrogen and oxygen atoms in total. The van der Waals surface area contributed by atoms with Crippen LogP contribution in [0.4, 0.5) is 0 Å². The summed E-state index contributed by atoms with van der Waals surface area (Å²) in [4.78, 5) is 11.8. The highest BCUT2D eigenvalue weighted by molar-refractivity contribution is 5.97. The molecule has 0 radical (unpaired) electrons. The van der Waals surface area contributed by atoms with Crippen molar-refractivity contribution in [2.75, 3.05) is 0 Å². The summed E-state index contributed by atoms with van der Waals surface area (Å²) in [6.45, 7) is 3.78. The van der Waals surface area contributed by atoms with E-state index < -0.39 is 11.9 Å². The van der Waals surface area contributed by atoms with E-state index >= 15 is 0 Å². The molecule has 1 rings (SSSR count). The van der Waals surface area contributed by atoms with Crippen LogP contribution >= 0.6 is 0 Å². The van der Waals surface area contributed by atoms with Gasteiger partial charge in [-0.15, -0.1) is 0 Å². The van der Waals surface area contributed by atoms with Gasteiger partial charge in [0, 0.05) is 0 Å². The van der Waals surface area contributed by atoms with Crippen molar-refractivity contribution in [1.29, 1.82) is 5.26 Å². The zero-order valence-corrected chi connectivity index (χ0v) is 10.0. The standard InChI is InChI=1S/C13H16N2O2/c1-3-4-10(8-14)15-13(17)11-7-9(2)5-6-12(11)16/h5-7,10,16H,3-4H2,1-2H3,(H,15,17). The van der Waals surface area contributed by atoms with Crippen LogP contribution in [0.25, 0.3) is 0 Å². The Hall–Kier alpha value is -2.02. The summed E-state index contributed by atoms with van der Waals surface area (Å²) in [5.41, 5.74) is 1.10. The molecule has 0 bridgehead atoms. The Kier molecular flexibility index (Phi) is 4.53. The quantitative estimate of drug-likeness (QED) is 0.835. The lowest BCUT2D eigenvalue weighted by Gasteiger charge is -2.11. The number of rotatable bonds is 4. The molecule has 2 N–H and O–H groups in total. The zero-order valence-electron chi connectivity index (χ0n) is 10.0. The fourth-order valence-electron chi connectivity index (χ4n) is 1.53. The predicted octanol–water partition coefficient (Wildman–Crippen LogP) is 2.12. The molecule has 0 fully saturated rings. The Bertz CT molecular complexity index is 449. The highest BCUT2D eigenvalue weighted by atomic mass is 16.3. The smallest absolute Gasteiger partial charge is 0.256 e. The van der Waals surface area contributed by atoms with E-state index in [9.17, 15) is 9.90 Å². The summed E-state index contributed by atoms with van der Waals surface area (Å²) >= 11 is 0. The number of benzene rings is 1. The van der Waals surface area contributed by atoms with Crippen LogP contribution in [-0.2, 0) is 0 Å². The van der Waals surface area contributed by atoms with E-state index in [0.717, 1.165) is 12.0 Å². The molecule has 0 saturated heterocycles. The molecule has 17 heavy (non-hydrogen) atoms. The summed E-state index contributed by atoms with van der Waals surface area (Å²) < 4.78 is 0. The summed E-state index contributed by atoms with van der Waals surface area (Å²) in [7, 11) is 0. The van der Waals surface area contributed by atoms with Gasteiger partial charge in [0.1, 0.15) is 11.8 Å². The average Bonchev–Trinajstić information content (AvgIpc) is 2.31. The number of phenols is 1. The maximum atomic E-state index is 11.8. The number of aromatic hydroxyl groups is 1. The van der Waals surface area contributed by atoms with E-state index in [-0.39, 0.29) is 11.3 Å². The monoisotopic (exact) mass is 232 g/mol.